The summed E-state index contributed by atoms with van der Waals surface area (Å²) in [7, 11) is 1.43. The van der Waals surface area contributed by atoms with Crippen molar-refractivity contribution in [1.29, 1.82) is 0 Å². The molecule has 0 fully saturated rings. The van der Waals surface area contributed by atoms with Gasteiger partial charge in [0, 0.05) is 15.0 Å². The molecular formula is C4H14O8-4. The fourth-order valence-corrected chi connectivity index (χ4v) is 0. The highest BCUT2D eigenvalue weighted by Crippen LogP contribution is 1.46. The van der Waals surface area contributed by atoms with Gasteiger partial charge in [-0.3, -0.25) is 0 Å². The van der Waals surface area contributed by atoms with Gasteiger partial charge in [-0.05, 0) is 6.79 Å². The second-order valence-corrected chi connectivity index (χ2v) is 0.643. The summed E-state index contributed by atoms with van der Waals surface area (Å²) in [4.78, 5) is 8.25. The summed E-state index contributed by atoms with van der Waals surface area (Å²) in [6.07, 6.45) is 0. The van der Waals surface area contributed by atoms with Crippen LogP contribution in [0, 0.1) is 0 Å². The molecule has 0 atom stereocenters. The molecule has 0 aromatic heterocycles. The van der Waals surface area contributed by atoms with Gasteiger partial charge >= 0.3 is 0 Å². The summed E-state index contributed by atoms with van der Waals surface area (Å²) in [6.45, 7) is -1.68. The van der Waals surface area contributed by atoms with E-state index in [9.17, 15) is 0 Å². The molecule has 82 valence electrons. The third-order valence-corrected chi connectivity index (χ3v) is 0.129. The van der Waals surface area contributed by atoms with Gasteiger partial charge < -0.3 is 40.9 Å². The summed E-state index contributed by atoms with van der Waals surface area (Å²) in [6, 6.07) is 0. The van der Waals surface area contributed by atoms with Crippen LogP contribution in [0.25, 0.3) is 0 Å². The first kappa shape index (κ1) is 30.3. The number of carboxylic acid groups (broad SMARTS) is 1. The first-order valence-corrected chi connectivity index (χ1v) is 2.09. The Morgan fingerprint density at radius 2 is 1.58 bits per heavy atom. The van der Waals surface area contributed by atoms with Gasteiger partial charge in [0.15, 0.2) is 0 Å². The van der Waals surface area contributed by atoms with Crippen molar-refractivity contribution in [3.8, 4) is 0 Å². The number of carbonyl (C=O) groups excluding carboxylic acids is 1. The normalized spacial score (nSPS) is 5.00. The van der Waals surface area contributed by atoms with Crippen molar-refractivity contribution in [3.63, 3.8) is 0 Å². The minimum Gasteiger partial charge on any atom is -0.870 e. The average Bonchev–Trinajstić information content (AvgIpc) is 1.91. The van der Waals surface area contributed by atoms with Crippen molar-refractivity contribution in [2.45, 2.75) is 0 Å². The zero-order valence-corrected chi connectivity index (χ0v) is 6.41. The first-order valence-electron chi connectivity index (χ1n) is 2.09. The summed E-state index contributed by atoms with van der Waals surface area (Å²) in [5, 5.41) is 31.4. The first-order chi connectivity index (χ1) is 4.74. The molecule has 0 aliphatic carbocycles. The van der Waals surface area contributed by atoms with Gasteiger partial charge in [-0.2, -0.15) is 0 Å². The van der Waals surface area contributed by atoms with Crippen LogP contribution in [0.15, 0.2) is 0 Å². The van der Waals surface area contributed by atoms with E-state index in [0.29, 0.717) is 0 Å². The maximum atomic E-state index is 8.49. The molecule has 4 N–H and O–H groups in total. The van der Waals surface area contributed by atoms with E-state index in [1.165, 1.54) is 7.11 Å². The predicted molar refractivity (Wildman–Crippen MR) is 33.2 cm³/mol. The average molecular weight is 190 g/mol. The molecule has 0 saturated heterocycles. The van der Waals surface area contributed by atoms with Gasteiger partial charge in [0.05, 0.1) is 0 Å². The van der Waals surface area contributed by atoms with Gasteiger partial charge in [-0.25, -0.2) is 0 Å². The smallest absolute Gasteiger partial charge is 0.143 e. The molecule has 0 aliphatic heterocycles. The quantitative estimate of drug-likeness (QED) is 0.312. The topological polar surface area (TPSA) is 173 Å². The molecule has 0 rings (SSSR count). The molecule has 8 nitrogen and oxygen atoms in total. The van der Waals surface area contributed by atoms with Gasteiger partial charge in [0.25, 0.3) is 0 Å². The highest BCUT2D eigenvalue weighted by atomic mass is 16.6. The number of methoxy groups -OCH3 is 1. The second kappa shape index (κ2) is 83.5. The van der Waals surface area contributed by atoms with Gasteiger partial charge in [0.1, 0.15) is 6.79 Å². The van der Waals surface area contributed by atoms with Crippen molar-refractivity contribution in [1.82, 2.24) is 0 Å². The number of hydrogen-bond acceptors (Lipinski definition) is 8. The van der Waals surface area contributed by atoms with E-state index in [2.05, 4.69) is 4.74 Å². The Kier molecular flexibility index (Phi) is 211. The molecule has 0 aliphatic rings. The fraction of sp³-hybridized carbons (Fsp3) is 0.750. The standard InChI is InChI=1S/C2H6O2.CH3O2.CH2O2.2H2O.H2/c1-4-2-3;2*2-1-3;;;/h3H,2H2,1H3;2H,1H2;1H,(H,2,3);2*1H2;1H/q;-1;;;;/p-3. The zero-order valence-electron chi connectivity index (χ0n) is 6.41. The fourth-order valence-electron chi connectivity index (χ4n) is 0. The third-order valence-electron chi connectivity index (χ3n) is 0.129. The lowest BCUT2D eigenvalue weighted by Crippen LogP contribution is -2.01. The highest BCUT2D eigenvalue weighted by molar-refractivity contribution is 5.29. The van der Waals surface area contributed by atoms with Crippen LogP contribution < -0.4 is 10.2 Å². The number of hydrogen-bond donors (Lipinski definition) is 2. The van der Waals surface area contributed by atoms with Gasteiger partial charge in [0.2, 0.25) is 0 Å². The number of aliphatic hydroxyl groups excluding tert-OH is 2. The van der Waals surface area contributed by atoms with Crippen molar-refractivity contribution < 1.29 is 42.3 Å². The maximum Gasteiger partial charge on any atom is 0.143 e. The van der Waals surface area contributed by atoms with E-state index >= 15 is 0 Å². The van der Waals surface area contributed by atoms with E-state index in [0.717, 1.165) is 0 Å². The van der Waals surface area contributed by atoms with Crippen LogP contribution in [0.3, 0.4) is 0 Å². The van der Waals surface area contributed by atoms with Gasteiger partial charge in [-0.1, -0.05) is 0 Å². The van der Waals surface area contributed by atoms with E-state index in [4.69, 9.17) is 25.2 Å². The molecule has 0 aromatic rings. The Labute approximate surface area is 70.7 Å². The Morgan fingerprint density at radius 3 is 1.58 bits per heavy atom. The van der Waals surface area contributed by atoms with Crippen molar-refractivity contribution in [3.05, 3.63) is 0 Å². The summed E-state index contributed by atoms with van der Waals surface area (Å²) < 4.78 is 4.10. The monoisotopic (exact) mass is 190 g/mol. The largest absolute Gasteiger partial charge is 0.870 e. The van der Waals surface area contributed by atoms with Crippen LogP contribution in [0.4, 0.5) is 0 Å². The molecule has 0 amide bonds. The summed E-state index contributed by atoms with van der Waals surface area (Å²) >= 11 is 0. The van der Waals surface area contributed by atoms with E-state index < -0.39 is 13.3 Å². The molecule has 0 saturated carbocycles. The molecule has 0 bridgehead atoms. The Hall–Kier alpha value is -0.770. The molecule has 12 heavy (non-hydrogen) atoms. The van der Waals surface area contributed by atoms with Crippen molar-refractivity contribution in [2.75, 3.05) is 20.7 Å². The second-order valence-electron chi connectivity index (χ2n) is 0.643. The molecule has 8 heteroatoms. The number of rotatable bonds is 1. The minimum absolute atomic E-state index is 0. The van der Waals surface area contributed by atoms with Crippen LogP contribution in [0.1, 0.15) is 1.43 Å². The lowest BCUT2D eigenvalue weighted by atomic mass is 11.4. The Balaban J connectivity index is -0.0000000128. The van der Waals surface area contributed by atoms with Crippen LogP contribution in [-0.2, 0) is 9.53 Å². The summed E-state index contributed by atoms with van der Waals surface area (Å²) in [5.41, 5.74) is 0. The van der Waals surface area contributed by atoms with Crippen LogP contribution in [-0.4, -0.2) is 48.3 Å². The maximum absolute atomic E-state index is 8.49. The third kappa shape index (κ3) is 11800. The van der Waals surface area contributed by atoms with E-state index in [-0.39, 0.29) is 19.2 Å². The molecule has 0 radical (unpaired) electrons. The van der Waals surface area contributed by atoms with E-state index in [1.54, 1.807) is 0 Å². The lowest BCUT2D eigenvalue weighted by molar-refractivity contribution is -0.421. The van der Waals surface area contributed by atoms with Crippen LogP contribution >= 0.6 is 0 Å². The SMILES string of the molecule is COCO.O=C[O-].[HH].[O-]CO.[OH-].[OH-]. The number of carbonyl (C=O) groups is 1. The van der Waals surface area contributed by atoms with Crippen LogP contribution in [0.2, 0.25) is 0 Å². The summed E-state index contributed by atoms with van der Waals surface area (Å²) in [5.74, 6) is 0. The van der Waals surface area contributed by atoms with Crippen molar-refractivity contribution >= 4 is 6.47 Å². The number of aliphatic hydroxyl groups is 2. The number of ether oxygens (including phenoxy) is 1. The van der Waals surface area contributed by atoms with Crippen LogP contribution in [0.5, 0.6) is 0 Å². The molecule has 0 aromatic carbocycles. The lowest BCUT2D eigenvalue weighted by Gasteiger charge is -1.80. The Morgan fingerprint density at radius 1 is 1.50 bits per heavy atom. The molecule has 0 unspecified atom stereocenters. The molecular weight excluding hydrogens is 176 g/mol. The molecule has 0 spiro atoms. The molecule has 0 heterocycles. The van der Waals surface area contributed by atoms with Crippen molar-refractivity contribution in [2.24, 2.45) is 0 Å². The predicted octanol–water partition coefficient (Wildman–Crippen LogP) is -3.86. The van der Waals surface area contributed by atoms with Gasteiger partial charge in [-0.15, -0.1) is 0 Å². The van der Waals surface area contributed by atoms with E-state index in [1.807, 2.05) is 0 Å². The Bertz CT molecular complexity index is 43.1. The zero-order chi connectivity index (χ0) is 8.83. The highest BCUT2D eigenvalue weighted by Gasteiger charge is 1.51. The minimum atomic E-state index is -1.00.